The summed E-state index contributed by atoms with van der Waals surface area (Å²) in [5.41, 5.74) is 0. The summed E-state index contributed by atoms with van der Waals surface area (Å²) in [5, 5.41) is 11.6. The van der Waals surface area contributed by atoms with Gasteiger partial charge in [0, 0.05) is 32.7 Å². The first kappa shape index (κ1) is 12.5. The van der Waals surface area contributed by atoms with E-state index in [0.717, 1.165) is 25.9 Å². The van der Waals surface area contributed by atoms with Gasteiger partial charge in [-0.05, 0) is 25.8 Å². The van der Waals surface area contributed by atoms with Crippen molar-refractivity contribution in [2.24, 2.45) is 0 Å². The Bertz CT molecular complexity index is 195. The Morgan fingerprint density at radius 2 is 2.33 bits per heavy atom. The van der Waals surface area contributed by atoms with Crippen LogP contribution >= 0.6 is 0 Å². The third-order valence-electron chi connectivity index (χ3n) is 3.12. The van der Waals surface area contributed by atoms with Crippen molar-refractivity contribution in [3.63, 3.8) is 0 Å². The fraction of sp³-hybridized carbons (Fsp3) is 0.909. The molecule has 15 heavy (non-hydrogen) atoms. The highest BCUT2D eigenvalue weighted by Gasteiger charge is 2.21. The van der Waals surface area contributed by atoms with Gasteiger partial charge >= 0.3 is 0 Å². The fourth-order valence-corrected chi connectivity index (χ4v) is 2.20. The summed E-state index contributed by atoms with van der Waals surface area (Å²) >= 11 is 0. The van der Waals surface area contributed by atoms with E-state index in [1.807, 2.05) is 0 Å². The van der Waals surface area contributed by atoms with Crippen molar-refractivity contribution in [1.29, 1.82) is 0 Å². The zero-order valence-corrected chi connectivity index (χ0v) is 9.54. The lowest BCUT2D eigenvalue weighted by atomic mass is 9.99. The molecule has 2 N–H and O–H groups in total. The standard InChI is InChI=1S/C11H22N2O2/c1-12-11(15)5-8-13-7-3-2-4-10(13)6-9-14/h10,14H,2-9H2,1H3,(H,12,15). The van der Waals surface area contributed by atoms with E-state index in [1.165, 1.54) is 12.8 Å². The lowest BCUT2D eigenvalue weighted by molar-refractivity contribution is -0.121. The number of nitrogens with zero attached hydrogens (tertiary/aromatic N) is 1. The van der Waals surface area contributed by atoms with Gasteiger partial charge in [-0.25, -0.2) is 0 Å². The number of hydrogen-bond donors (Lipinski definition) is 2. The van der Waals surface area contributed by atoms with Gasteiger partial charge in [-0.3, -0.25) is 9.69 Å². The maximum Gasteiger partial charge on any atom is 0.221 e. The number of amides is 1. The molecule has 1 fully saturated rings. The molecule has 0 bridgehead atoms. The van der Waals surface area contributed by atoms with Crippen LogP contribution in [-0.4, -0.2) is 48.7 Å². The van der Waals surface area contributed by atoms with Crippen LogP contribution in [0.3, 0.4) is 0 Å². The summed E-state index contributed by atoms with van der Waals surface area (Å²) in [7, 11) is 1.67. The SMILES string of the molecule is CNC(=O)CCN1CCCCC1CCO. The van der Waals surface area contributed by atoms with Crippen LogP contribution < -0.4 is 5.32 Å². The highest BCUT2D eigenvalue weighted by molar-refractivity contribution is 5.75. The molecule has 1 unspecified atom stereocenters. The van der Waals surface area contributed by atoms with Crippen LogP contribution in [0.4, 0.5) is 0 Å². The Kier molecular flexibility index (Phi) is 5.65. The minimum atomic E-state index is 0.100. The van der Waals surface area contributed by atoms with Crippen molar-refractivity contribution in [2.45, 2.75) is 38.1 Å². The van der Waals surface area contributed by atoms with Crippen LogP contribution in [0.25, 0.3) is 0 Å². The smallest absolute Gasteiger partial charge is 0.221 e. The Labute approximate surface area is 91.6 Å². The molecule has 1 heterocycles. The molecular weight excluding hydrogens is 192 g/mol. The summed E-state index contributed by atoms with van der Waals surface area (Å²) in [6, 6.07) is 0.480. The normalized spacial score (nSPS) is 22.7. The zero-order chi connectivity index (χ0) is 11.1. The summed E-state index contributed by atoms with van der Waals surface area (Å²) in [5.74, 6) is 0.100. The lowest BCUT2D eigenvalue weighted by Gasteiger charge is -2.35. The minimum Gasteiger partial charge on any atom is -0.396 e. The van der Waals surface area contributed by atoms with E-state index < -0.39 is 0 Å². The van der Waals surface area contributed by atoms with Gasteiger partial charge in [-0.15, -0.1) is 0 Å². The van der Waals surface area contributed by atoms with Crippen LogP contribution in [0.15, 0.2) is 0 Å². The third-order valence-corrected chi connectivity index (χ3v) is 3.12. The molecule has 1 rings (SSSR count). The summed E-state index contributed by atoms with van der Waals surface area (Å²) in [6.07, 6.45) is 5.04. The summed E-state index contributed by atoms with van der Waals surface area (Å²) in [6.45, 7) is 2.15. The van der Waals surface area contributed by atoms with Gasteiger partial charge in [0.1, 0.15) is 0 Å². The second-order valence-corrected chi connectivity index (χ2v) is 4.12. The van der Waals surface area contributed by atoms with E-state index in [-0.39, 0.29) is 12.5 Å². The number of aliphatic hydroxyl groups excluding tert-OH is 1. The molecule has 0 radical (unpaired) electrons. The van der Waals surface area contributed by atoms with Crippen LogP contribution in [-0.2, 0) is 4.79 Å². The molecule has 1 saturated heterocycles. The van der Waals surface area contributed by atoms with Crippen molar-refractivity contribution in [3.05, 3.63) is 0 Å². The summed E-state index contributed by atoms with van der Waals surface area (Å²) in [4.78, 5) is 13.5. The monoisotopic (exact) mass is 214 g/mol. The van der Waals surface area contributed by atoms with Crippen LogP contribution in [0, 0.1) is 0 Å². The van der Waals surface area contributed by atoms with E-state index in [9.17, 15) is 4.79 Å². The molecular formula is C11H22N2O2. The molecule has 0 aliphatic carbocycles. The molecule has 1 amide bonds. The summed E-state index contributed by atoms with van der Waals surface area (Å²) < 4.78 is 0. The first-order valence-corrected chi connectivity index (χ1v) is 5.83. The van der Waals surface area contributed by atoms with Gasteiger partial charge < -0.3 is 10.4 Å². The molecule has 4 nitrogen and oxygen atoms in total. The molecule has 4 heteroatoms. The van der Waals surface area contributed by atoms with Gasteiger partial charge in [0.25, 0.3) is 0 Å². The van der Waals surface area contributed by atoms with Gasteiger partial charge in [-0.1, -0.05) is 6.42 Å². The predicted octanol–water partition coefficient (Wildman–Crippen LogP) is 0.359. The Morgan fingerprint density at radius 1 is 1.53 bits per heavy atom. The second-order valence-electron chi connectivity index (χ2n) is 4.12. The molecule has 0 saturated carbocycles. The van der Waals surface area contributed by atoms with Crippen molar-refractivity contribution < 1.29 is 9.90 Å². The zero-order valence-electron chi connectivity index (χ0n) is 9.54. The predicted molar refractivity (Wildman–Crippen MR) is 59.6 cm³/mol. The van der Waals surface area contributed by atoms with Crippen molar-refractivity contribution in [1.82, 2.24) is 10.2 Å². The maximum absolute atomic E-state index is 11.1. The number of nitrogens with one attached hydrogen (secondary N) is 1. The van der Waals surface area contributed by atoms with Gasteiger partial charge in [-0.2, -0.15) is 0 Å². The van der Waals surface area contributed by atoms with Crippen LogP contribution in [0.5, 0.6) is 0 Å². The number of rotatable bonds is 5. The fourth-order valence-electron chi connectivity index (χ4n) is 2.20. The van der Waals surface area contributed by atoms with Crippen LogP contribution in [0.1, 0.15) is 32.1 Å². The molecule has 0 spiro atoms. The van der Waals surface area contributed by atoms with E-state index in [4.69, 9.17) is 5.11 Å². The number of likely N-dealkylation sites (tertiary alicyclic amines) is 1. The molecule has 0 aromatic heterocycles. The van der Waals surface area contributed by atoms with Crippen molar-refractivity contribution >= 4 is 5.91 Å². The first-order valence-electron chi connectivity index (χ1n) is 5.83. The number of piperidine rings is 1. The average molecular weight is 214 g/mol. The molecule has 1 aliphatic rings. The highest BCUT2D eigenvalue weighted by atomic mass is 16.3. The average Bonchev–Trinajstić information content (AvgIpc) is 2.28. The number of aliphatic hydroxyl groups is 1. The second kappa shape index (κ2) is 6.80. The molecule has 1 aliphatic heterocycles. The van der Waals surface area contributed by atoms with E-state index in [2.05, 4.69) is 10.2 Å². The van der Waals surface area contributed by atoms with Gasteiger partial charge in [0.05, 0.1) is 0 Å². The minimum absolute atomic E-state index is 0.100. The lowest BCUT2D eigenvalue weighted by Crippen LogP contribution is -2.41. The third kappa shape index (κ3) is 4.18. The molecule has 0 aromatic carbocycles. The maximum atomic E-state index is 11.1. The van der Waals surface area contributed by atoms with Crippen molar-refractivity contribution in [3.8, 4) is 0 Å². The Morgan fingerprint density at radius 3 is 3.00 bits per heavy atom. The van der Waals surface area contributed by atoms with Gasteiger partial charge in [0.15, 0.2) is 0 Å². The number of carbonyl (C=O) groups excluding carboxylic acids is 1. The number of hydrogen-bond acceptors (Lipinski definition) is 3. The van der Waals surface area contributed by atoms with E-state index in [1.54, 1.807) is 7.05 Å². The van der Waals surface area contributed by atoms with Crippen molar-refractivity contribution in [2.75, 3.05) is 26.7 Å². The molecule has 1 atom stereocenters. The largest absolute Gasteiger partial charge is 0.396 e. The Hall–Kier alpha value is -0.610. The van der Waals surface area contributed by atoms with Crippen LogP contribution in [0.2, 0.25) is 0 Å². The van der Waals surface area contributed by atoms with E-state index >= 15 is 0 Å². The van der Waals surface area contributed by atoms with E-state index in [0.29, 0.717) is 12.5 Å². The highest BCUT2D eigenvalue weighted by Crippen LogP contribution is 2.19. The Balaban J connectivity index is 2.32. The van der Waals surface area contributed by atoms with Gasteiger partial charge in [0.2, 0.25) is 5.91 Å². The topological polar surface area (TPSA) is 52.6 Å². The molecule has 88 valence electrons. The molecule has 0 aromatic rings. The number of carbonyl (C=O) groups is 1. The quantitative estimate of drug-likeness (QED) is 0.695. The first-order chi connectivity index (χ1) is 7.27.